The van der Waals surface area contributed by atoms with Crippen LogP contribution in [-0.2, 0) is 20.1 Å². The third kappa shape index (κ3) is 2.98. The zero-order chi connectivity index (χ0) is 13.8. The minimum absolute atomic E-state index is 0.794. The first-order valence-corrected chi connectivity index (χ1v) is 7.45. The molecule has 102 valence electrons. The SMILES string of the molecule is Cn1ccnc1CNCc1ccc(-c2ccccc2)s1. The third-order valence-electron chi connectivity index (χ3n) is 3.22. The summed E-state index contributed by atoms with van der Waals surface area (Å²) in [7, 11) is 2.02. The lowest BCUT2D eigenvalue weighted by molar-refractivity contribution is 0.643. The summed E-state index contributed by atoms with van der Waals surface area (Å²) >= 11 is 1.84. The summed E-state index contributed by atoms with van der Waals surface area (Å²) in [6.45, 7) is 1.67. The van der Waals surface area contributed by atoms with Crippen LogP contribution in [0.1, 0.15) is 10.7 Å². The Morgan fingerprint density at radius 2 is 1.95 bits per heavy atom. The summed E-state index contributed by atoms with van der Waals surface area (Å²) in [5.41, 5.74) is 1.29. The van der Waals surface area contributed by atoms with Crippen molar-refractivity contribution in [2.24, 2.45) is 7.05 Å². The molecule has 0 bridgehead atoms. The lowest BCUT2D eigenvalue weighted by atomic mass is 10.2. The number of nitrogens with one attached hydrogen (secondary N) is 1. The number of rotatable bonds is 5. The zero-order valence-electron chi connectivity index (χ0n) is 11.4. The van der Waals surface area contributed by atoms with Gasteiger partial charge in [0.25, 0.3) is 0 Å². The van der Waals surface area contributed by atoms with Crippen LogP contribution >= 0.6 is 11.3 Å². The maximum atomic E-state index is 4.30. The van der Waals surface area contributed by atoms with Crippen molar-refractivity contribution in [3.05, 3.63) is 65.6 Å². The number of thiophene rings is 1. The molecular weight excluding hydrogens is 266 g/mol. The van der Waals surface area contributed by atoms with Crippen molar-refractivity contribution < 1.29 is 0 Å². The number of aryl methyl sites for hydroxylation is 1. The van der Waals surface area contributed by atoms with Crippen molar-refractivity contribution in [2.45, 2.75) is 13.1 Å². The Morgan fingerprint density at radius 1 is 1.10 bits per heavy atom. The summed E-state index contributed by atoms with van der Waals surface area (Å²) in [5, 5.41) is 3.44. The Morgan fingerprint density at radius 3 is 2.70 bits per heavy atom. The molecule has 20 heavy (non-hydrogen) atoms. The van der Waals surface area contributed by atoms with Crippen LogP contribution in [0.2, 0.25) is 0 Å². The van der Waals surface area contributed by atoms with E-state index in [0.717, 1.165) is 18.9 Å². The second kappa shape index (κ2) is 6.03. The quantitative estimate of drug-likeness (QED) is 0.777. The number of aromatic nitrogens is 2. The highest BCUT2D eigenvalue weighted by Crippen LogP contribution is 2.27. The largest absolute Gasteiger partial charge is 0.337 e. The molecule has 0 unspecified atom stereocenters. The molecule has 4 heteroatoms. The average molecular weight is 283 g/mol. The van der Waals surface area contributed by atoms with Crippen LogP contribution in [-0.4, -0.2) is 9.55 Å². The molecule has 0 saturated carbocycles. The first kappa shape index (κ1) is 13.1. The molecule has 0 aliphatic carbocycles. The molecule has 0 aliphatic heterocycles. The van der Waals surface area contributed by atoms with Gasteiger partial charge in [-0.1, -0.05) is 30.3 Å². The van der Waals surface area contributed by atoms with Gasteiger partial charge >= 0.3 is 0 Å². The molecule has 3 aromatic rings. The molecule has 0 saturated heterocycles. The second-order valence-electron chi connectivity index (χ2n) is 4.69. The number of benzene rings is 1. The highest BCUT2D eigenvalue weighted by molar-refractivity contribution is 7.15. The molecule has 3 rings (SSSR count). The highest BCUT2D eigenvalue weighted by Gasteiger charge is 2.03. The molecular formula is C16H17N3S. The van der Waals surface area contributed by atoms with Crippen LogP contribution in [0.3, 0.4) is 0 Å². The van der Waals surface area contributed by atoms with Crippen LogP contribution in [0, 0.1) is 0 Å². The molecule has 1 aromatic carbocycles. The van der Waals surface area contributed by atoms with Crippen molar-refractivity contribution >= 4 is 11.3 Å². The summed E-state index contributed by atoms with van der Waals surface area (Å²) in [4.78, 5) is 6.97. The molecule has 0 amide bonds. The summed E-state index contributed by atoms with van der Waals surface area (Å²) in [6, 6.07) is 14.9. The van der Waals surface area contributed by atoms with Gasteiger partial charge in [0, 0.05) is 35.7 Å². The summed E-state index contributed by atoms with van der Waals surface area (Å²) in [5.74, 6) is 1.06. The number of hydrogen-bond acceptors (Lipinski definition) is 3. The molecule has 3 nitrogen and oxygen atoms in total. The fourth-order valence-electron chi connectivity index (χ4n) is 2.09. The van der Waals surface area contributed by atoms with E-state index in [-0.39, 0.29) is 0 Å². The first-order valence-electron chi connectivity index (χ1n) is 6.64. The second-order valence-corrected chi connectivity index (χ2v) is 5.86. The topological polar surface area (TPSA) is 29.9 Å². The Labute approximate surface area is 122 Å². The molecule has 0 radical (unpaired) electrons. The lowest BCUT2D eigenvalue weighted by Gasteiger charge is -2.03. The van der Waals surface area contributed by atoms with Gasteiger partial charge in [-0.25, -0.2) is 4.98 Å². The highest BCUT2D eigenvalue weighted by atomic mass is 32.1. The van der Waals surface area contributed by atoms with Crippen molar-refractivity contribution in [2.75, 3.05) is 0 Å². The van der Waals surface area contributed by atoms with Gasteiger partial charge in [0.05, 0.1) is 6.54 Å². The maximum Gasteiger partial charge on any atom is 0.122 e. The van der Waals surface area contributed by atoms with E-state index >= 15 is 0 Å². The molecule has 1 N–H and O–H groups in total. The molecule has 2 heterocycles. The van der Waals surface area contributed by atoms with E-state index in [1.54, 1.807) is 0 Å². The molecule has 0 fully saturated rings. The van der Waals surface area contributed by atoms with E-state index in [0.29, 0.717) is 0 Å². The number of hydrogen-bond donors (Lipinski definition) is 1. The zero-order valence-corrected chi connectivity index (χ0v) is 12.2. The minimum atomic E-state index is 0.794. The Kier molecular flexibility index (Phi) is 3.95. The van der Waals surface area contributed by atoms with Crippen molar-refractivity contribution in [1.82, 2.24) is 14.9 Å². The lowest BCUT2D eigenvalue weighted by Crippen LogP contribution is -2.14. The molecule has 0 spiro atoms. The van der Waals surface area contributed by atoms with Gasteiger partial charge in [0.15, 0.2) is 0 Å². The predicted octanol–water partition coefficient (Wildman–Crippen LogP) is 3.44. The smallest absolute Gasteiger partial charge is 0.122 e. The third-order valence-corrected chi connectivity index (χ3v) is 4.36. The summed E-state index contributed by atoms with van der Waals surface area (Å²) in [6.07, 6.45) is 3.80. The Hall–Kier alpha value is -1.91. The minimum Gasteiger partial charge on any atom is -0.337 e. The number of nitrogens with zero attached hydrogens (tertiary/aromatic N) is 2. The van der Waals surface area contributed by atoms with Gasteiger partial charge in [0.2, 0.25) is 0 Å². The van der Waals surface area contributed by atoms with E-state index in [4.69, 9.17) is 0 Å². The van der Waals surface area contributed by atoms with Crippen LogP contribution in [0.5, 0.6) is 0 Å². The molecule has 2 aromatic heterocycles. The van der Waals surface area contributed by atoms with Gasteiger partial charge in [-0.05, 0) is 17.7 Å². The van der Waals surface area contributed by atoms with Gasteiger partial charge < -0.3 is 9.88 Å². The Balaban J connectivity index is 1.59. The van der Waals surface area contributed by atoms with E-state index in [9.17, 15) is 0 Å². The average Bonchev–Trinajstić information content (AvgIpc) is 3.10. The van der Waals surface area contributed by atoms with Crippen LogP contribution < -0.4 is 5.32 Å². The number of imidazole rings is 1. The monoisotopic (exact) mass is 283 g/mol. The van der Waals surface area contributed by atoms with E-state index in [1.165, 1.54) is 15.3 Å². The van der Waals surface area contributed by atoms with Crippen molar-refractivity contribution in [3.63, 3.8) is 0 Å². The van der Waals surface area contributed by atoms with E-state index < -0.39 is 0 Å². The van der Waals surface area contributed by atoms with Gasteiger partial charge in [0.1, 0.15) is 5.82 Å². The fraction of sp³-hybridized carbons (Fsp3) is 0.188. The van der Waals surface area contributed by atoms with Crippen LogP contribution in [0.15, 0.2) is 54.9 Å². The van der Waals surface area contributed by atoms with Gasteiger partial charge in [-0.3, -0.25) is 0 Å². The van der Waals surface area contributed by atoms with Crippen molar-refractivity contribution in [1.29, 1.82) is 0 Å². The maximum absolute atomic E-state index is 4.30. The van der Waals surface area contributed by atoms with E-state index in [2.05, 4.69) is 46.7 Å². The van der Waals surface area contributed by atoms with E-state index in [1.807, 2.05) is 41.4 Å². The van der Waals surface area contributed by atoms with Gasteiger partial charge in [-0.2, -0.15) is 0 Å². The molecule has 0 atom stereocenters. The Bertz CT molecular complexity index is 670. The standard InChI is InChI=1S/C16H17N3S/c1-19-10-9-18-16(19)12-17-11-14-7-8-15(20-14)13-5-3-2-4-6-13/h2-10,17H,11-12H2,1H3. The predicted molar refractivity (Wildman–Crippen MR) is 83.5 cm³/mol. The first-order chi connectivity index (χ1) is 9.83. The fourth-order valence-corrected chi connectivity index (χ4v) is 3.08. The van der Waals surface area contributed by atoms with Crippen LogP contribution in [0.4, 0.5) is 0 Å². The van der Waals surface area contributed by atoms with Crippen molar-refractivity contribution in [3.8, 4) is 10.4 Å². The van der Waals surface area contributed by atoms with Crippen LogP contribution in [0.25, 0.3) is 10.4 Å². The summed E-state index contributed by atoms with van der Waals surface area (Å²) < 4.78 is 2.04. The normalized spacial score (nSPS) is 10.8. The molecule has 0 aliphatic rings. The van der Waals surface area contributed by atoms with Gasteiger partial charge in [-0.15, -0.1) is 11.3 Å².